The Kier molecular flexibility index (Phi) is 2.76. The smallest absolute Gasteiger partial charge is 0.240 e. The summed E-state index contributed by atoms with van der Waals surface area (Å²) in [7, 11) is 1.86. The quantitative estimate of drug-likeness (QED) is 0.685. The molecule has 0 spiro atoms. The molecule has 1 atom stereocenters. The van der Waals surface area contributed by atoms with E-state index in [-0.39, 0.29) is 12.7 Å². The molecule has 1 heterocycles. The Bertz CT molecular complexity index is 303. The Hall–Kier alpha value is 0.160. The summed E-state index contributed by atoms with van der Waals surface area (Å²) in [6.07, 6.45) is 2.13. The molecule has 1 aliphatic carbocycles. The summed E-state index contributed by atoms with van der Waals surface area (Å²) in [5, 5.41) is 0. The van der Waals surface area contributed by atoms with Crippen molar-refractivity contribution in [2.45, 2.75) is 30.1 Å². The fraction of sp³-hybridized carbons (Fsp3) is 1.00. The van der Waals surface area contributed by atoms with Crippen LogP contribution in [0.4, 0.5) is 0 Å². The number of ether oxygens (including phenoxy) is 2. The van der Waals surface area contributed by atoms with Gasteiger partial charge in [-0.3, -0.25) is 0 Å². The number of hydrogen-bond donors (Lipinski definition) is 0. The second-order valence-electron chi connectivity index (χ2n) is 3.92. The zero-order chi connectivity index (χ0) is 10.2. The maximum absolute atomic E-state index is 11.2. The molecule has 2 rings (SSSR count). The van der Waals surface area contributed by atoms with E-state index in [1.807, 2.05) is 0 Å². The normalized spacial score (nSPS) is 30.5. The van der Waals surface area contributed by atoms with Crippen molar-refractivity contribution in [3.8, 4) is 0 Å². The van der Waals surface area contributed by atoms with Gasteiger partial charge in [-0.1, -0.05) is 0 Å². The van der Waals surface area contributed by atoms with E-state index in [2.05, 4.69) is 0 Å². The Balaban J connectivity index is 1.86. The predicted octanol–water partition coefficient (Wildman–Crippen LogP) is 0.893. The summed E-state index contributed by atoms with van der Waals surface area (Å²) >= 11 is 0. The summed E-state index contributed by atoms with van der Waals surface area (Å²) in [6, 6.07) is 0. The molecule has 2 fully saturated rings. The van der Waals surface area contributed by atoms with Gasteiger partial charge in [0, 0.05) is 17.3 Å². The van der Waals surface area contributed by atoms with Crippen molar-refractivity contribution in [3.05, 3.63) is 0 Å². The van der Waals surface area contributed by atoms with Gasteiger partial charge in [-0.15, -0.1) is 0 Å². The molecule has 0 radical (unpaired) electrons. The molecule has 4 nitrogen and oxygen atoms in total. The summed E-state index contributed by atoms with van der Waals surface area (Å²) < 4.78 is 32.1. The van der Waals surface area contributed by atoms with E-state index in [4.69, 9.17) is 20.2 Å². The molecule has 82 valence electrons. The maximum Gasteiger partial charge on any atom is 0.240 e. The standard InChI is InChI=1S/C8H13ClO4S/c9-14(10,11)8(2-3-8)6-13-7-1-4-12-5-7/h7H,1-6H2. The predicted molar refractivity (Wildman–Crippen MR) is 51.9 cm³/mol. The van der Waals surface area contributed by atoms with Crippen LogP contribution in [0.5, 0.6) is 0 Å². The van der Waals surface area contributed by atoms with Crippen LogP contribution in [0.2, 0.25) is 0 Å². The van der Waals surface area contributed by atoms with Crippen molar-refractivity contribution in [2.75, 3.05) is 19.8 Å². The highest BCUT2D eigenvalue weighted by molar-refractivity contribution is 8.15. The minimum Gasteiger partial charge on any atom is -0.379 e. The molecule has 2 aliphatic rings. The molecule has 0 aromatic rings. The molecule has 1 aliphatic heterocycles. The summed E-state index contributed by atoms with van der Waals surface area (Å²) in [4.78, 5) is 0. The van der Waals surface area contributed by atoms with Gasteiger partial charge in [-0.05, 0) is 19.3 Å². The Morgan fingerprint density at radius 2 is 2.21 bits per heavy atom. The van der Waals surface area contributed by atoms with Gasteiger partial charge in [0.15, 0.2) is 0 Å². The first-order valence-corrected chi connectivity index (χ1v) is 6.98. The zero-order valence-corrected chi connectivity index (χ0v) is 9.31. The second kappa shape index (κ2) is 3.63. The third-order valence-electron chi connectivity index (χ3n) is 2.79. The number of hydrogen-bond acceptors (Lipinski definition) is 4. The number of rotatable bonds is 4. The average molecular weight is 241 g/mol. The highest BCUT2D eigenvalue weighted by Crippen LogP contribution is 2.46. The maximum atomic E-state index is 11.2. The van der Waals surface area contributed by atoms with E-state index in [9.17, 15) is 8.42 Å². The molecule has 1 saturated carbocycles. The van der Waals surface area contributed by atoms with Crippen molar-refractivity contribution in [2.24, 2.45) is 0 Å². The van der Waals surface area contributed by atoms with Gasteiger partial charge in [0.1, 0.15) is 4.75 Å². The molecule has 6 heteroatoms. The van der Waals surface area contributed by atoms with Crippen LogP contribution in [0.15, 0.2) is 0 Å². The Labute approximate surface area is 87.9 Å². The fourth-order valence-corrected chi connectivity index (χ4v) is 2.91. The first-order valence-electron chi connectivity index (χ1n) is 4.67. The zero-order valence-electron chi connectivity index (χ0n) is 7.74. The minimum atomic E-state index is -3.48. The first kappa shape index (κ1) is 10.7. The van der Waals surface area contributed by atoms with Crippen molar-refractivity contribution in [1.82, 2.24) is 0 Å². The molecular formula is C8H13ClO4S. The number of halogens is 1. The van der Waals surface area contributed by atoms with Crippen molar-refractivity contribution in [1.29, 1.82) is 0 Å². The summed E-state index contributed by atoms with van der Waals surface area (Å²) in [5.41, 5.74) is 0. The van der Waals surface area contributed by atoms with Gasteiger partial charge in [-0.2, -0.15) is 0 Å². The van der Waals surface area contributed by atoms with Crippen LogP contribution in [0.3, 0.4) is 0 Å². The van der Waals surface area contributed by atoms with Gasteiger partial charge in [0.25, 0.3) is 0 Å². The average Bonchev–Trinajstić information content (AvgIpc) is 2.72. The third kappa shape index (κ3) is 2.05. The van der Waals surface area contributed by atoms with E-state index >= 15 is 0 Å². The topological polar surface area (TPSA) is 52.6 Å². The van der Waals surface area contributed by atoms with Gasteiger partial charge >= 0.3 is 0 Å². The first-order chi connectivity index (χ1) is 6.54. The Morgan fingerprint density at radius 3 is 2.64 bits per heavy atom. The van der Waals surface area contributed by atoms with Crippen LogP contribution in [-0.2, 0) is 18.5 Å². The molecule has 0 aromatic carbocycles. The molecule has 0 N–H and O–H groups in total. The SMILES string of the molecule is O=S(=O)(Cl)C1(COC2CCOC2)CC1. The largest absolute Gasteiger partial charge is 0.379 e. The molecular weight excluding hydrogens is 228 g/mol. The van der Waals surface area contributed by atoms with Crippen LogP contribution in [0.1, 0.15) is 19.3 Å². The van der Waals surface area contributed by atoms with Crippen LogP contribution >= 0.6 is 10.7 Å². The summed E-state index contributed by atoms with van der Waals surface area (Å²) in [5.74, 6) is 0. The fourth-order valence-electron chi connectivity index (χ4n) is 1.51. The van der Waals surface area contributed by atoms with E-state index < -0.39 is 13.8 Å². The lowest BCUT2D eigenvalue weighted by atomic mass is 10.3. The minimum absolute atomic E-state index is 0.0471. The van der Waals surface area contributed by atoms with Crippen LogP contribution in [-0.4, -0.2) is 39.1 Å². The van der Waals surface area contributed by atoms with Crippen molar-refractivity contribution >= 4 is 19.7 Å². The molecule has 1 unspecified atom stereocenters. The van der Waals surface area contributed by atoms with Crippen LogP contribution in [0.25, 0.3) is 0 Å². The Morgan fingerprint density at radius 1 is 1.50 bits per heavy atom. The molecule has 0 aromatic heterocycles. The van der Waals surface area contributed by atoms with Crippen molar-refractivity contribution in [3.63, 3.8) is 0 Å². The highest BCUT2D eigenvalue weighted by atomic mass is 35.7. The van der Waals surface area contributed by atoms with Gasteiger partial charge in [0.2, 0.25) is 9.05 Å². The van der Waals surface area contributed by atoms with Gasteiger partial charge in [-0.25, -0.2) is 8.42 Å². The summed E-state index contributed by atoms with van der Waals surface area (Å²) in [6.45, 7) is 1.48. The van der Waals surface area contributed by atoms with Crippen molar-refractivity contribution < 1.29 is 17.9 Å². The van der Waals surface area contributed by atoms with Crippen LogP contribution in [0, 0.1) is 0 Å². The van der Waals surface area contributed by atoms with Gasteiger partial charge in [0.05, 0.1) is 19.3 Å². The lowest BCUT2D eigenvalue weighted by Gasteiger charge is -2.15. The van der Waals surface area contributed by atoms with Gasteiger partial charge < -0.3 is 9.47 Å². The van der Waals surface area contributed by atoms with Crippen LogP contribution < -0.4 is 0 Å². The molecule has 14 heavy (non-hydrogen) atoms. The lowest BCUT2D eigenvalue weighted by Crippen LogP contribution is -2.28. The molecule has 0 bridgehead atoms. The third-order valence-corrected chi connectivity index (χ3v) is 5.34. The van der Waals surface area contributed by atoms with E-state index in [1.165, 1.54) is 0 Å². The second-order valence-corrected chi connectivity index (χ2v) is 6.88. The monoisotopic (exact) mass is 240 g/mol. The highest BCUT2D eigenvalue weighted by Gasteiger charge is 2.54. The van der Waals surface area contributed by atoms with E-state index in [0.29, 0.717) is 26.1 Å². The van der Waals surface area contributed by atoms with E-state index in [1.54, 1.807) is 0 Å². The van der Waals surface area contributed by atoms with E-state index in [0.717, 1.165) is 6.42 Å². The molecule has 1 saturated heterocycles. The lowest BCUT2D eigenvalue weighted by molar-refractivity contribution is 0.0403. The molecule has 0 amide bonds.